The van der Waals surface area contributed by atoms with Crippen LogP contribution in [0.15, 0.2) is 83.8 Å². The van der Waals surface area contributed by atoms with Crippen molar-refractivity contribution in [3.05, 3.63) is 90.0 Å². The summed E-state index contributed by atoms with van der Waals surface area (Å²) in [5.41, 5.74) is 3.98. The predicted octanol–water partition coefficient (Wildman–Crippen LogP) is 4.74. The average Bonchev–Trinajstić information content (AvgIpc) is 2.75. The first-order valence-corrected chi connectivity index (χ1v) is 10.6. The summed E-state index contributed by atoms with van der Waals surface area (Å²) >= 11 is 1.55. The number of thioether (sulfide) groups is 1. The largest absolute Gasteiger partial charge is 0.326 e. The summed E-state index contributed by atoms with van der Waals surface area (Å²) in [6.45, 7) is 0.378. The Morgan fingerprint density at radius 3 is 2.52 bits per heavy atom. The summed E-state index contributed by atoms with van der Waals surface area (Å²) in [7, 11) is 0. The molecule has 4 rings (SSSR count). The number of benzene rings is 3. The first kappa shape index (κ1) is 19.3. The molecule has 0 saturated heterocycles. The van der Waals surface area contributed by atoms with Gasteiger partial charge in [0.15, 0.2) is 0 Å². The van der Waals surface area contributed by atoms with E-state index in [-0.39, 0.29) is 18.2 Å². The van der Waals surface area contributed by atoms with Crippen LogP contribution in [0.3, 0.4) is 0 Å². The lowest BCUT2D eigenvalue weighted by Crippen LogP contribution is -2.37. The van der Waals surface area contributed by atoms with Gasteiger partial charge in [-0.05, 0) is 35.7 Å². The fourth-order valence-electron chi connectivity index (χ4n) is 3.44. The van der Waals surface area contributed by atoms with Crippen molar-refractivity contribution in [3.63, 3.8) is 0 Å². The van der Waals surface area contributed by atoms with Crippen molar-refractivity contribution in [1.29, 1.82) is 0 Å². The maximum atomic E-state index is 12.6. The molecule has 29 heavy (non-hydrogen) atoms. The van der Waals surface area contributed by atoms with Crippen LogP contribution in [0.1, 0.15) is 17.5 Å². The molecule has 1 heterocycles. The highest BCUT2D eigenvalue weighted by Gasteiger charge is 2.24. The molecule has 3 aromatic rings. The van der Waals surface area contributed by atoms with Crippen molar-refractivity contribution in [2.24, 2.45) is 0 Å². The van der Waals surface area contributed by atoms with E-state index in [9.17, 15) is 9.59 Å². The second kappa shape index (κ2) is 8.97. The van der Waals surface area contributed by atoms with Gasteiger partial charge in [-0.25, -0.2) is 0 Å². The lowest BCUT2D eigenvalue weighted by molar-refractivity contribution is -0.117. The first-order valence-electron chi connectivity index (χ1n) is 9.64. The zero-order valence-electron chi connectivity index (χ0n) is 16.0. The van der Waals surface area contributed by atoms with Gasteiger partial charge in [0.1, 0.15) is 0 Å². The van der Waals surface area contributed by atoms with Gasteiger partial charge >= 0.3 is 0 Å². The fraction of sp³-hybridized carbons (Fsp3) is 0.167. The van der Waals surface area contributed by atoms with E-state index in [4.69, 9.17) is 0 Å². The van der Waals surface area contributed by atoms with E-state index >= 15 is 0 Å². The molecule has 1 aliphatic heterocycles. The number of para-hydroxylation sites is 2. The summed E-state index contributed by atoms with van der Waals surface area (Å²) in [5.74, 6) is 0.374. The van der Waals surface area contributed by atoms with Gasteiger partial charge in [-0.1, -0.05) is 60.7 Å². The first-order chi connectivity index (χ1) is 14.2. The summed E-state index contributed by atoms with van der Waals surface area (Å²) < 4.78 is 0. The Morgan fingerprint density at radius 2 is 1.66 bits per heavy atom. The standard InChI is InChI=1S/C24H22N2O2S/c27-23(14-15-26-21-12-6-7-13-22(21)29-17-24(26)28)25-20-11-5-4-10-19(20)16-18-8-2-1-3-9-18/h1-13H,14-17H2,(H,25,27). The normalized spacial score (nSPS) is 13.1. The van der Waals surface area contributed by atoms with E-state index in [0.717, 1.165) is 28.3 Å². The number of rotatable bonds is 6. The van der Waals surface area contributed by atoms with E-state index in [1.54, 1.807) is 16.7 Å². The predicted molar refractivity (Wildman–Crippen MR) is 118 cm³/mol. The Hall–Kier alpha value is -3.05. The van der Waals surface area contributed by atoms with Crippen molar-refractivity contribution in [2.75, 3.05) is 22.5 Å². The lowest BCUT2D eigenvalue weighted by Gasteiger charge is -2.28. The van der Waals surface area contributed by atoms with E-state index in [1.165, 1.54) is 5.56 Å². The van der Waals surface area contributed by atoms with Crippen LogP contribution in [-0.2, 0) is 16.0 Å². The van der Waals surface area contributed by atoms with Crippen LogP contribution in [0.2, 0.25) is 0 Å². The number of fused-ring (bicyclic) bond motifs is 1. The molecule has 146 valence electrons. The molecule has 2 amide bonds. The molecule has 5 heteroatoms. The number of nitrogens with zero attached hydrogens (tertiary/aromatic N) is 1. The summed E-state index contributed by atoms with van der Waals surface area (Å²) in [6.07, 6.45) is 1.01. The number of hydrogen-bond donors (Lipinski definition) is 1. The topological polar surface area (TPSA) is 49.4 Å². The van der Waals surface area contributed by atoms with Gasteiger partial charge in [0.05, 0.1) is 11.4 Å². The molecular weight excluding hydrogens is 380 g/mol. The molecule has 0 spiro atoms. The van der Waals surface area contributed by atoms with Crippen LogP contribution in [0, 0.1) is 0 Å². The summed E-state index contributed by atoms with van der Waals surface area (Å²) in [4.78, 5) is 27.8. The van der Waals surface area contributed by atoms with Crippen molar-refractivity contribution >= 4 is 35.0 Å². The van der Waals surface area contributed by atoms with Gasteiger partial charge in [0.2, 0.25) is 11.8 Å². The van der Waals surface area contributed by atoms with E-state index in [1.807, 2.05) is 66.7 Å². The van der Waals surface area contributed by atoms with Gasteiger partial charge in [-0.3, -0.25) is 9.59 Å². The van der Waals surface area contributed by atoms with Crippen molar-refractivity contribution in [2.45, 2.75) is 17.7 Å². The molecule has 0 unspecified atom stereocenters. The fourth-order valence-corrected chi connectivity index (χ4v) is 4.37. The maximum absolute atomic E-state index is 12.6. The summed E-state index contributed by atoms with van der Waals surface area (Å²) in [5, 5.41) is 3.03. The van der Waals surface area contributed by atoms with Crippen LogP contribution in [0.5, 0.6) is 0 Å². The molecule has 4 nitrogen and oxygen atoms in total. The quantitative estimate of drug-likeness (QED) is 0.648. The highest BCUT2D eigenvalue weighted by atomic mass is 32.2. The Kier molecular flexibility index (Phi) is 5.96. The van der Waals surface area contributed by atoms with Crippen LogP contribution >= 0.6 is 11.8 Å². The van der Waals surface area contributed by atoms with Gasteiger partial charge in [0, 0.05) is 23.5 Å². The van der Waals surface area contributed by atoms with Gasteiger partial charge in [0.25, 0.3) is 0 Å². The monoisotopic (exact) mass is 402 g/mol. The third-order valence-corrected chi connectivity index (χ3v) is 5.95. The van der Waals surface area contributed by atoms with Crippen molar-refractivity contribution in [1.82, 2.24) is 0 Å². The minimum atomic E-state index is -0.0889. The third-order valence-electron chi connectivity index (χ3n) is 4.90. The maximum Gasteiger partial charge on any atom is 0.237 e. The SMILES string of the molecule is O=C(CCN1C(=O)CSc2ccccc21)Nc1ccccc1Cc1ccccc1. The molecular formula is C24H22N2O2S. The highest BCUT2D eigenvalue weighted by molar-refractivity contribution is 8.00. The van der Waals surface area contributed by atoms with Crippen LogP contribution < -0.4 is 10.2 Å². The van der Waals surface area contributed by atoms with Gasteiger partial charge in [-0.2, -0.15) is 0 Å². The zero-order chi connectivity index (χ0) is 20.1. The molecule has 0 atom stereocenters. The molecule has 0 fully saturated rings. The Morgan fingerprint density at radius 1 is 0.931 bits per heavy atom. The average molecular weight is 403 g/mol. The highest BCUT2D eigenvalue weighted by Crippen LogP contribution is 2.34. The Labute approximate surface area is 174 Å². The molecule has 0 saturated carbocycles. The van der Waals surface area contributed by atoms with Crippen molar-refractivity contribution < 1.29 is 9.59 Å². The number of nitrogens with one attached hydrogen (secondary N) is 1. The zero-order valence-corrected chi connectivity index (χ0v) is 16.8. The van der Waals surface area contributed by atoms with E-state index < -0.39 is 0 Å². The summed E-state index contributed by atoms with van der Waals surface area (Å²) in [6, 6.07) is 25.9. The number of hydrogen-bond acceptors (Lipinski definition) is 3. The molecule has 1 N–H and O–H groups in total. The third kappa shape index (κ3) is 4.69. The van der Waals surface area contributed by atoms with Crippen LogP contribution in [-0.4, -0.2) is 24.1 Å². The van der Waals surface area contributed by atoms with E-state index in [2.05, 4.69) is 17.4 Å². The second-order valence-corrected chi connectivity index (χ2v) is 7.94. The lowest BCUT2D eigenvalue weighted by atomic mass is 10.0. The molecule has 1 aliphatic rings. The van der Waals surface area contributed by atoms with Gasteiger partial charge < -0.3 is 10.2 Å². The minimum Gasteiger partial charge on any atom is -0.326 e. The Balaban J connectivity index is 1.42. The smallest absolute Gasteiger partial charge is 0.237 e. The van der Waals surface area contributed by atoms with E-state index in [0.29, 0.717) is 12.3 Å². The van der Waals surface area contributed by atoms with Gasteiger partial charge in [-0.15, -0.1) is 11.8 Å². The molecule has 3 aromatic carbocycles. The van der Waals surface area contributed by atoms with Crippen molar-refractivity contribution in [3.8, 4) is 0 Å². The second-order valence-electron chi connectivity index (χ2n) is 6.92. The Bertz CT molecular complexity index is 1020. The molecule has 0 aromatic heterocycles. The van der Waals surface area contributed by atoms with Crippen LogP contribution in [0.25, 0.3) is 0 Å². The molecule has 0 radical (unpaired) electrons. The number of anilines is 2. The molecule has 0 bridgehead atoms. The number of amides is 2. The minimum absolute atomic E-state index is 0.0472. The van der Waals surface area contributed by atoms with Crippen LogP contribution in [0.4, 0.5) is 11.4 Å². The number of carbonyl (C=O) groups excluding carboxylic acids is 2. The number of carbonyl (C=O) groups is 2. The molecule has 0 aliphatic carbocycles.